The molecule has 2 heteroatoms. The van der Waals surface area contributed by atoms with Gasteiger partial charge in [0.2, 0.25) is 0 Å². The van der Waals surface area contributed by atoms with Gasteiger partial charge < -0.3 is 12.7 Å². The van der Waals surface area contributed by atoms with E-state index in [4.69, 9.17) is 0 Å². The van der Waals surface area contributed by atoms with Gasteiger partial charge in [0.15, 0.2) is 0 Å². The molecule has 0 aliphatic rings. The quantitative estimate of drug-likeness (QED) is 0.285. The smallest absolute Gasteiger partial charge is 0.358 e. The van der Waals surface area contributed by atoms with E-state index >= 15 is 0 Å². The summed E-state index contributed by atoms with van der Waals surface area (Å²) >= 11 is 0. The van der Waals surface area contributed by atoms with Crippen LogP contribution in [0.25, 0.3) is 0 Å². The summed E-state index contributed by atoms with van der Waals surface area (Å²) in [5.74, 6) is 0. The van der Waals surface area contributed by atoms with E-state index in [1.807, 2.05) is 0 Å². The zero-order valence-electron chi connectivity index (χ0n) is 6.62. The van der Waals surface area contributed by atoms with Crippen LogP contribution in [-0.4, -0.2) is 13.1 Å². The molecule has 0 fully saturated rings. The third kappa shape index (κ3) is 15.6. The van der Waals surface area contributed by atoms with Crippen molar-refractivity contribution in [3.05, 3.63) is 7.43 Å². The molecule has 0 aliphatic heterocycles. The first-order chi connectivity index (χ1) is 2.91. The number of rotatable bonds is 3. The van der Waals surface area contributed by atoms with Crippen molar-refractivity contribution in [2.75, 3.05) is 13.1 Å². The van der Waals surface area contributed by atoms with E-state index in [1.54, 1.807) is 0 Å². The Hall–Kier alpha value is 1.60. The van der Waals surface area contributed by atoms with E-state index < -0.39 is 0 Å². The van der Waals surface area contributed by atoms with Gasteiger partial charge >= 0.3 is 51.4 Å². The van der Waals surface area contributed by atoms with Crippen molar-refractivity contribution >= 4 is 0 Å². The Morgan fingerprint density at radius 3 is 1.88 bits per heavy atom. The maximum atomic E-state index is 3.20. The average Bonchev–Trinajstić information content (AvgIpc) is 1.61. The van der Waals surface area contributed by atoms with Gasteiger partial charge in [0.05, 0.1) is 0 Å². The monoisotopic (exact) mass is 141 g/mol. The zero-order chi connectivity index (χ0) is 4.83. The SMILES string of the molecule is CCCNCC.[CH3-].[K+]. The van der Waals surface area contributed by atoms with E-state index in [0.29, 0.717) is 0 Å². The zero-order valence-corrected chi connectivity index (χ0v) is 9.74. The van der Waals surface area contributed by atoms with Crippen LogP contribution < -0.4 is 56.7 Å². The maximum Gasteiger partial charge on any atom is 1.00 e. The van der Waals surface area contributed by atoms with Gasteiger partial charge in [-0.15, -0.1) is 0 Å². The minimum Gasteiger partial charge on any atom is -0.358 e. The second-order valence-corrected chi connectivity index (χ2v) is 1.35. The molecule has 0 aromatic rings. The molecule has 0 aromatic carbocycles. The van der Waals surface area contributed by atoms with Crippen LogP contribution in [-0.2, 0) is 0 Å². The van der Waals surface area contributed by atoms with Crippen LogP contribution in [0.4, 0.5) is 0 Å². The topological polar surface area (TPSA) is 12.0 Å². The van der Waals surface area contributed by atoms with E-state index in [2.05, 4.69) is 19.2 Å². The summed E-state index contributed by atoms with van der Waals surface area (Å²) < 4.78 is 0. The molecular weight excluding hydrogens is 125 g/mol. The molecular formula is C6H16KN. The normalized spacial score (nSPS) is 6.75. The standard InChI is InChI=1S/C5H13N.CH3.K/c1-3-5-6-4-2;;/h6H,3-5H2,1-2H3;1H3;/q;-1;+1. The molecule has 0 atom stereocenters. The summed E-state index contributed by atoms with van der Waals surface area (Å²) in [5, 5.41) is 3.20. The molecule has 0 unspecified atom stereocenters. The Labute approximate surface area is 96.0 Å². The van der Waals surface area contributed by atoms with Gasteiger partial charge in [-0.25, -0.2) is 0 Å². The fourth-order valence-electron chi connectivity index (χ4n) is 0.354. The van der Waals surface area contributed by atoms with Gasteiger partial charge in [-0.1, -0.05) is 13.8 Å². The molecule has 0 aromatic heterocycles. The average molecular weight is 141 g/mol. The van der Waals surface area contributed by atoms with Gasteiger partial charge in [0.25, 0.3) is 0 Å². The Morgan fingerprint density at radius 1 is 1.25 bits per heavy atom. The Bertz CT molecular complexity index is 20.5. The second-order valence-electron chi connectivity index (χ2n) is 1.35. The van der Waals surface area contributed by atoms with E-state index in [-0.39, 0.29) is 58.8 Å². The van der Waals surface area contributed by atoms with Gasteiger partial charge in [-0.05, 0) is 19.5 Å². The first-order valence-corrected chi connectivity index (χ1v) is 2.62. The molecule has 0 radical (unpaired) electrons. The number of hydrogen-bond donors (Lipinski definition) is 1. The van der Waals surface area contributed by atoms with Crippen molar-refractivity contribution in [1.29, 1.82) is 0 Å². The first-order valence-electron chi connectivity index (χ1n) is 2.62. The van der Waals surface area contributed by atoms with E-state index in [1.165, 1.54) is 6.42 Å². The van der Waals surface area contributed by atoms with Crippen molar-refractivity contribution in [1.82, 2.24) is 5.32 Å². The van der Waals surface area contributed by atoms with Crippen molar-refractivity contribution in [3.8, 4) is 0 Å². The second kappa shape index (κ2) is 15.8. The molecule has 0 saturated heterocycles. The van der Waals surface area contributed by atoms with Crippen LogP contribution in [0, 0.1) is 7.43 Å². The summed E-state index contributed by atoms with van der Waals surface area (Å²) in [4.78, 5) is 0. The summed E-state index contributed by atoms with van der Waals surface area (Å²) in [6.07, 6.45) is 1.24. The van der Waals surface area contributed by atoms with Crippen molar-refractivity contribution in [2.24, 2.45) is 0 Å². The molecule has 0 amide bonds. The molecule has 1 nitrogen and oxygen atoms in total. The largest absolute Gasteiger partial charge is 1.00 e. The van der Waals surface area contributed by atoms with Crippen molar-refractivity contribution < 1.29 is 51.4 Å². The maximum absolute atomic E-state index is 3.20. The third-order valence-corrected chi connectivity index (χ3v) is 0.677. The molecule has 0 saturated carbocycles. The van der Waals surface area contributed by atoms with Crippen LogP contribution in [0.15, 0.2) is 0 Å². The van der Waals surface area contributed by atoms with Gasteiger partial charge in [0, 0.05) is 0 Å². The van der Waals surface area contributed by atoms with Crippen LogP contribution >= 0.6 is 0 Å². The van der Waals surface area contributed by atoms with Gasteiger partial charge in [0.1, 0.15) is 0 Å². The summed E-state index contributed by atoms with van der Waals surface area (Å²) in [5.41, 5.74) is 0. The predicted octanol–water partition coefficient (Wildman–Crippen LogP) is -1.54. The van der Waals surface area contributed by atoms with Crippen molar-refractivity contribution in [2.45, 2.75) is 20.3 Å². The van der Waals surface area contributed by atoms with Gasteiger partial charge in [-0.2, -0.15) is 0 Å². The molecule has 46 valence electrons. The van der Waals surface area contributed by atoms with Crippen LogP contribution in [0.2, 0.25) is 0 Å². The Morgan fingerprint density at radius 2 is 1.75 bits per heavy atom. The molecule has 8 heavy (non-hydrogen) atoms. The minimum absolute atomic E-state index is 0. The van der Waals surface area contributed by atoms with Crippen LogP contribution in [0.5, 0.6) is 0 Å². The van der Waals surface area contributed by atoms with E-state index in [9.17, 15) is 0 Å². The molecule has 0 rings (SSSR count). The Kier molecular flexibility index (Phi) is 32.3. The minimum atomic E-state index is 0. The number of hydrogen-bond acceptors (Lipinski definition) is 1. The molecule has 0 heterocycles. The van der Waals surface area contributed by atoms with Crippen molar-refractivity contribution in [3.63, 3.8) is 0 Å². The summed E-state index contributed by atoms with van der Waals surface area (Å²) in [7, 11) is 0. The fraction of sp³-hybridized carbons (Fsp3) is 0.833. The van der Waals surface area contributed by atoms with Crippen LogP contribution in [0.3, 0.4) is 0 Å². The molecule has 0 bridgehead atoms. The molecule has 1 N–H and O–H groups in total. The molecule has 0 aliphatic carbocycles. The van der Waals surface area contributed by atoms with Gasteiger partial charge in [-0.3, -0.25) is 0 Å². The first kappa shape index (κ1) is 16.3. The number of nitrogens with one attached hydrogen (secondary N) is 1. The summed E-state index contributed by atoms with van der Waals surface area (Å²) in [6.45, 7) is 6.56. The summed E-state index contributed by atoms with van der Waals surface area (Å²) in [6, 6.07) is 0. The van der Waals surface area contributed by atoms with Crippen LogP contribution in [0.1, 0.15) is 20.3 Å². The Balaban J connectivity index is -0.000000125. The predicted molar refractivity (Wildman–Crippen MR) is 35.2 cm³/mol. The molecule has 0 spiro atoms. The van der Waals surface area contributed by atoms with E-state index in [0.717, 1.165) is 13.1 Å². The fourth-order valence-corrected chi connectivity index (χ4v) is 0.354. The third-order valence-electron chi connectivity index (χ3n) is 0.677.